The van der Waals surface area contributed by atoms with Gasteiger partial charge in [-0.15, -0.1) is 0 Å². The van der Waals surface area contributed by atoms with Gasteiger partial charge in [-0.2, -0.15) is 0 Å². The number of allylic oxidation sites excluding steroid dienone is 3. The number of benzene rings is 2. The van der Waals surface area contributed by atoms with Gasteiger partial charge in [0.2, 0.25) is 5.91 Å². The fourth-order valence-electron chi connectivity index (χ4n) is 3.81. The van der Waals surface area contributed by atoms with Crippen molar-refractivity contribution >= 4 is 11.6 Å². The molecule has 2 aromatic rings. The maximum absolute atomic E-state index is 12.3. The number of aliphatic hydroxyl groups excluding tert-OH is 2. The van der Waals surface area contributed by atoms with E-state index in [9.17, 15) is 15.0 Å². The first-order chi connectivity index (χ1) is 17.8. The first-order valence-corrected chi connectivity index (χ1v) is 12.7. The average Bonchev–Trinajstić information content (AvgIpc) is 2.88. The van der Waals surface area contributed by atoms with Crippen molar-refractivity contribution in [1.82, 2.24) is 16.0 Å². The summed E-state index contributed by atoms with van der Waals surface area (Å²) in [5, 5.41) is 30.0. The molecule has 0 fully saturated rings. The predicted octanol–water partition coefficient (Wildman–Crippen LogP) is 3.48. The molecule has 7 heteroatoms. The molecule has 0 aromatic heterocycles. The highest BCUT2D eigenvalue weighted by atomic mass is 16.3. The minimum absolute atomic E-state index is 0.00258. The molecule has 0 saturated carbocycles. The number of nitrogens with zero attached hydrogens (tertiary/aromatic N) is 1. The number of aliphatic hydroxyl groups is 2. The Balaban J connectivity index is 1.89. The second-order valence-corrected chi connectivity index (χ2v) is 9.28. The molecule has 1 amide bonds. The van der Waals surface area contributed by atoms with Crippen molar-refractivity contribution in [2.24, 2.45) is 0 Å². The van der Waals surface area contributed by atoms with Crippen molar-refractivity contribution in [2.75, 3.05) is 38.6 Å². The van der Waals surface area contributed by atoms with Crippen molar-refractivity contribution in [1.29, 1.82) is 0 Å². The highest BCUT2D eigenvalue weighted by molar-refractivity contribution is 5.78. The summed E-state index contributed by atoms with van der Waals surface area (Å²) >= 11 is 0. The summed E-state index contributed by atoms with van der Waals surface area (Å²) in [6, 6.07) is 17.7. The molecule has 0 spiro atoms. The molecule has 0 heterocycles. The lowest BCUT2D eigenvalue weighted by atomic mass is 10.00. The van der Waals surface area contributed by atoms with Crippen LogP contribution in [-0.2, 0) is 17.8 Å². The molecule has 200 valence electrons. The largest absolute Gasteiger partial charge is 0.509 e. The highest BCUT2D eigenvalue weighted by Gasteiger charge is 2.20. The number of hydrogen-bond donors (Lipinski definition) is 5. The number of carbonyl (C=O) groups is 1. The minimum Gasteiger partial charge on any atom is -0.509 e. The summed E-state index contributed by atoms with van der Waals surface area (Å²) in [7, 11) is 3.98. The highest BCUT2D eigenvalue weighted by Crippen LogP contribution is 2.12. The Bertz CT molecular complexity index is 1020. The molecule has 0 aliphatic rings. The Morgan fingerprint density at radius 2 is 1.76 bits per heavy atom. The van der Waals surface area contributed by atoms with Crippen molar-refractivity contribution in [3.63, 3.8) is 0 Å². The standard InChI is InChI=1S/C30H42N4O3/c1-5-6-10-26(17-23(2)35)20-32-28(18-24-11-8-7-9-12-24)29(36)21-31-22-30(37)33-19-25-13-15-27(16-14-25)34(3)4/h5-9,11-17,28-29,31-32,35-36H,2,10,18-22H2,1,3-4H3,(H,33,37)/b6-5-,26-17+/t28-,29?/m0/s1. The minimum atomic E-state index is -0.730. The topological polar surface area (TPSA) is 96.9 Å². The quantitative estimate of drug-likeness (QED) is 0.136. The molecule has 0 aliphatic heterocycles. The molecule has 2 aromatic carbocycles. The third kappa shape index (κ3) is 11.9. The Morgan fingerprint density at radius 3 is 2.38 bits per heavy atom. The third-order valence-corrected chi connectivity index (χ3v) is 5.92. The van der Waals surface area contributed by atoms with Gasteiger partial charge in [0.25, 0.3) is 0 Å². The zero-order valence-electron chi connectivity index (χ0n) is 22.3. The van der Waals surface area contributed by atoms with Gasteiger partial charge in [0.05, 0.1) is 12.6 Å². The first kappa shape index (κ1) is 29.8. The van der Waals surface area contributed by atoms with Gasteiger partial charge in [-0.3, -0.25) is 4.79 Å². The van der Waals surface area contributed by atoms with Crippen LogP contribution < -0.4 is 20.9 Å². The van der Waals surface area contributed by atoms with E-state index in [1.807, 2.05) is 92.7 Å². The number of nitrogens with one attached hydrogen (secondary N) is 3. The molecule has 2 rings (SSSR count). The van der Waals surface area contributed by atoms with E-state index in [2.05, 4.69) is 22.5 Å². The van der Waals surface area contributed by atoms with Crippen LogP contribution in [-0.4, -0.2) is 62.0 Å². The van der Waals surface area contributed by atoms with E-state index in [4.69, 9.17) is 0 Å². The van der Waals surface area contributed by atoms with Crippen molar-refractivity contribution in [2.45, 2.75) is 38.5 Å². The van der Waals surface area contributed by atoms with Gasteiger partial charge < -0.3 is 31.1 Å². The lowest BCUT2D eigenvalue weighted by Gasteiger charge is -2.25. The van der Waals surface area contributed by atoms with E-state index in [1.54, 1.807) is 6.08 Å². The van der Waals surface area contributed by atoms with Gasteiger partial charge >= 0.3 is 0 Å². The van der Waals surface area contributed by atoms with E-state index in [0.717, 1.165) is 22.4 Å². The number of amides is 1. The molecule has 0 saturated heterocycles. The lowest BCUT2D eigenvalue weighted by molar-refractivity contribution is -0.120. The number of hydrogen-bond acceptors (Lipinski definition) is 6. The number of anilines is 1. The van der Waals surface area contributed by atoms with Crippen LogP contribution >= 0.6 is 0 Å². The number of rotatable bonds is 16. The molecule has 5 N–H and O–H groups in total. The Morgan fingerprint density at radius 1 is 1.05 bits per heavy atom. The molecule has 2 atom stereocenters. The number of carbonyl (C=O) groups excluding carboxylic acids is 1. The van der Waals surface area contributed by atoms with E-state index >= 15 is 0 Å². The van der Waals surface area contributed by atoms with Crippen LogP contribution in [0, 0.1) is 0 Å². The van der Waals surface area contributed by atoms with Crippen LogP contribution in [0.1, 0.15) is 24.5 Å². The zero-order chi connectivity index (χ0) is 27.0. The van der Waals surface area contributed by atoms with E-state index in [0.29, 0.717) is 25.9 Å². The lowest BCUT2D eigenvalue weighted by Crippen LogP contribution is -2.48. The predicted molar refractivity (Wildman–Crippen MR) is 153 cm³/mol. The van der Waals surface area contributed by atoms with Gasteiger partial charge in [-0.05, 0) is 54.7 Å². The van der Waals surface area contributed by atoms with Gasteiger partial charge in [0.1, 0.15) is 5.76 Å². The Labute approximate surface area is 221 Å². The maximum atomic E-state index is 12.3. The fourth-order valence-corrected chi connectivity index (χ4v) is 3.81. The Kier molecular flexibility index (Phi) is 13.2. The second kappa shape index (κ2) is 16.4. The molecular formula is C30H42N4O3. The van der Waals surface area contributed by atoms with Crippen LogP contribution in [0.4, 0.5) is 5.69 Å². The molecule has 0 radical (unpaired) electrons. The molecule has 37 heavy (non-hydrogen) atoms. The zero-order valence-corrected chi connectivity index (χ0v) is 22.3. The molecule has 0 aliphatic carbocycles. The second-order valence-electron chi connectivity index (χ2n) is 9.28. The fraction of sp³-hybridized carbons (Fsp3) is 0.367. The van der Waals surface area contributed by atoms with Gasteiger partial charge in [0, 0.05) is 45.5 Å². The smallest absolute Gasteiger partial charge is 0.234 e. The summed E-state index contributed by atoms with van der Waals surface area (Å²) < 4.78 is 0. The van der Waals surface area contributed by atoms with E-state index in [1.165, 1.54) is 0 Å². The molecular weight excluding hydrogens is 464 g/mol. The van der Waals surface area contributed by atoms with E-state index < -0.39 is 6.10 Å². The summed E-state index contributed by atoms with van der Waals surface area (Å²) in [4.78, 5) is 14.4. The molecule has 0 bridgehead atoms. The van der Waals surface area contributed by atoms with Crippen LogP contribution in [0.2, 0.25) is 0 Å². The van der Waals surface area contributed by atoms with Gasteiger partial charge in [0.15, 0.2) is 0 Å². The monoisotopic (exact) mass is 506 g/mol. The van der Waals surface area contributed by atoms with Crippen molar-refractivity contribution in [3.8, 4) is 0 Å². The average molecular weight is 507 g/mol. The van der Waals surface area contributed by atoms with Crippen molar-refractivity contribution < 1.29 is 15.0 Å². The summed E-state index contributed by atoms with van der Waals surface area (Å²) in [6.45, 7) is 6.83. The van der Waals surface area contributed by atoms with Gasteiger partial charge in [-0.1, -0.05) is 61.2 Å². The summed E-state index contributed by atoms with van der Waals surface area (Å²) in [6.07, 6.45) is 6.18. The maximum Gasteiger partial charge on any atom is 0.234 e. The SMILES string of the molecule is C=C(O)/C=C(\C/C=C\C)CN[C@@H](Cc1ccccc1)C(O)CNCC(=O)NCc1ccc(N(C)C)cc1. The first-order valence-electron chi connectivity index (χ1n) is 12.7. The van der Waals surface area contributed by atoms with Crippen LogP contribution in [0.5, 0.6) is 0 Å². The molecule has 1 unspecified atom stereocenters. The summed E-state index contributed by atoms with van der Waals surface area (Å²) in [5.41, 5.74) is 4.19. The van der Waals surface area contributed by atoms with Crippen LogP contribution in [0.25, 0.3) is 0 Å². The normalized spacial score (nSPS) is 13.4. The van der Waals surface area contributed by atoms with Gasteiger partial charge in [-0.25, -0.2) is 0 Å². The third-order valence-electron chi connectivity index (χ3n) is 5.92. The van der Waals surface area contributed by atoms with Crippen LogP contribution in [0.15, 0.2) is 90.7 Å². The van der Waals surface area contributed by atoms with Crippen molar-refractivity contribution in [3.05, 3.63) is 102 Å². The summed E-state index contributed by atoms with van der Waals surface area (Å²) in [5.74, 6) is -0.128. The molecule has 7 nitrogen and oxygen atoms in total. The van der Waals surface area contributed by atoms with Crippen LogP contribution in [0.3, 0.4) is 0 Å². The Hall–Kier alpha value is -3.39. The van der Waals surface area contributed by atoms with E-state index in [-0.39, 0.29) is 30.8 Å².